The molecule has 1 heterocycles. The largest absolute Gasteiger partial charge is 0.397 e. The molecule has 1 aromatic rings. The van der Waals surface area contributed by atoms with E-state index in [1.165, 1.54) is 17.0 Å². The van der Waals surface area contributed by atoms with Crippen molar-refractivity contribution < 1.29 is 9.72 Å². The van der Waals surface area contributed by atoms with E-state index >= 15 is 0 Å². The highest BCUT2D eigenvalue weighted by atomic mass is 35.5. The minimum Gasteiger partial charge on any atom is -0.358 e. The molecule has 0 N–H and O–H groups in total. The van der Waals surface area contributed by atoms with Crippen molar-refractivity contribution in [2.75, 3.05) is 0 Å². The van der Waals surface area contributed by atoms with E-state index < -0.39 is 10.2 Å². The molecule has 0 atom stereocenters. The summed E-state index contributed by atoms with van der Waals surface area (Å²) in [7, 11) is 1.55. The van der Waals surface area contributed by atoms with Crippen LogP contribution in [0.3, 0.4) is 0 Å². The van der Waals surface area contributed by atoms with E-state index in [4.69, 9.17) is 11.6 Å². The lowest BCUT2D eigenvalue weighted by Crippen LogP contribution is -1.92. The maximum Gasteiger partial charge on any atom is 0.397 e. The van der Waals surface area contributed by atoms with Crippen molar-refractivity contribution >= 4 is 28.7 Å². The fraction of sp³-hybridized carbons (Fsp3) is 0.143. The van der Waals surface area contributed by atoms with E-state index in [-0.39, 0.29) is 11.4 Å². The van der Waals surface area contributed by atoms with Gasteiger partial charge in [0.05, 0.1) is 23.9 Å². The number of aromatic nitrogens is 2. The van der Waals surface area contributed by atoms with Crippen molar-refractivity contribution in [1.82, 2.24) is 9.78 Å². The first-order valence-corrected chi connectivity index (χ1v) is 3.94. The summed E-state index contributed by atoms with van der Waals surface area (Å²) in [6, 6.07) is 0. The molecule has 0 radical (unpaired) electrons. The third-order valence-corrected chi connectivity index (χ3v) is 1.53. The average molecular weight is 216 g/mol. The maximum atomic E-state index is 10.5. The normalized spacial score (nSPS) is 10.7. The molecule has 0 aliphatic rings. The summed E-state index contributed by atoms with van der Waals surface area (Å²) in [4.78, 5) is 20.2. The first-order chi connectivity index (χ1) is 6.50. The van der Waals surface area contributed by atoms with Gasteiger partial charge in [-0.05, 0) is 28.7 Å². The molecule has 0 fully saturated rings. The van der Waals surface area contributed by atoms with Gasteiger partial charge in [-0.2, -0.15) is 4.68 Å². The van der Waals surface area contributed by atoms with Crippen LogP contribution in [0.15, 0.2) is 12.3 Å². The maximum absolute atomic E-state index is 10.5. The Morgan fingerprint density at radius 2 is 2.43 bits per heavy atom. The molecule has 7 heteroatoms. The molecule has 0 saturated carbocycles. The molecule has 1 rings (SSSR count). The molecule has 0 aliphatic heterocycles. The number of carbonyl (C=O) groups excluding carboxylic acids is 1. The van der Waals surface area contributed by atoms with Gasteiger partial charge in [0.25, 0.3) is 0 Å². The Kier molecular flexibility index (Phi) is 2.98. The molecule has 6 nitrogen and oxygen atoms in total. The summed E-state index contributed by atoms with van der Waals surface area (Å²) >= 11 is 5.04. The molecule has 0 saturated heterocycles. The van der Waals surface area contributed by atoms with E-state index in [0.29, 0.717) is 0 Å². The Morgan fingerprint density at radius 1 is 1.79 bits per heavy atom. The zero-order valence-corrected chi connectivity index (χ0v) is 7.93. The van der Waals surface area contributed by atoms with Gasteiger partial charge in [-0.15, -0.1) is 0 Å². The standard InChI is InChI=1S/C7H6ClN3O3/c1-10-4-5(2-3-6(8)12)7(9-10)11(13)14/h2-4H,1H3. The Hall–Kier alpha value is -1.69. The predicted octanol–water partition coefficient (Wildman–Crippen LogP) is 1.11. The average Bonchev–Trinajstić information content (AvgIpc) is 2.43. The van der Waals surface area contributed by atoms with Gasteiger partial charge in [0, 0.05) is 0 Å². The van der Waals surface area contributed by atoms with Gasteiger partial charge in [0.1, 0.15) is 0 Å². The van der Waals surface area contributed by atoms with Crippen LogP contribution in [0.1, 0.15) is 5.56 Å². The van der Waals surface area contributed by atoms with Crippen LogP contribution in [-0.2, 0) is 11.8 Å². The monoisotopic (exact) mass is 215 g/mol. The lowest BCUT2D eigenvalue weighted by Gasteiger charge is -1.87. The summed E-state index contributed by atoms with van der Waals surface area (Å²) < 4.78 is 1.29. The van der Waals surface area contributed by atoms with Crippen LogP contribution in [0.2, 0.25) is 0 Å². The van der Waals surface area contributed by atoms with E-state index in [1.807, 2.05) is 0 Å². The topological polar surface area (TPSA) is 78.0 Å². The zero-order valence-electron chi connectivity index (χ0n) is 7.18. The van der Waals surface area contributed by atoms with Crippen molar-refractivity contribution in [2.24, 2.45) is 7.05 Å². The Morgan fingerprint density at radius 3 is 2.93 bits per heavy atom. The molecular formula is C7H6ClN3O3. The number of allylic oxidation sites excluding steroid dienone is 1. The molecule has 74 valence electrons. The highest BCUT2D eigenvalue weighted by Crippen LogP contribution is 2.16. The number of carbonyl (C=O) groups is 1. The molecule has 1 aromatic heterocycles. The summed E-state index contributed by atoms with van der Waals surface area (Å²) in [5.41, 5.74) is 0.242. The number of rotatable bonds is 3. The number of halogens is 1. The molecule has 0 amide bonds. The van der Waals surface area contributed by atoms with E-state index in [9.17, 15) is 14.9 Å². The second-order valence-electron chi connectivity index (χ2n) is 2.48. The minimum atomic E-state index is -0.692. The van der Waals surface area contributed by atoms with Crippen LogP contribution in [0.4, 0.5) is 5.82 Å². The van der Waals surface area contributed by atoms with Crippen molar-refractivity contribution in [3.8, 4) is 0 Å². The zero-order chi connectivity index (χ0) is 10.7. The highest BCUT2D eigenvalue weighted by molar-refractivity contribution is 6.66. The molecule has 0 aromatic carbocycles. The van der Waals surface area contributed by atoms with Gasteiger partial charge in [0.2, 0.25) is 5.24 Å². The molecule has 0 spiro atoms. The van der Waals surface area contributed by atoms with Crippen LogP contribution in [0.25, 0.3) is 6.08 Å². The van der Waals surface area contributed by atoms with Crippen LogP contribution in [0.5, 0.6) is 0 Å². The minimum absolute atomic E-state index is 0.242. The Bertz CT molecular complexity index is 410. The summed E-state index contributed by atoms with van der Waals surface area (Å²) in [6.45, 7) is 0. The molecular weight excluding hydrogens is 210 g/mol. The lowest BCUT2D eigenvalue weighted by atomic mass is 10.3. The summed E-state index contributed by atoms with van der Waals surface area (Å²) in [5.74, 6) is -0.304. The van der Waals surface area contributed by atoms with Crippen LogP contribution < -0.4 is 0 Å². The number of hydrogen-bond donors (Lipinski definition) is 0. The Labute approximate surface area is 83.9 Å². The Balaban J connectivity index is 3.07. The number of hydrogen-bond acceptors (Lipinski definition) is 4. The third kappa shape index (κ3) is 2.40. The molecule has 0 unspecified atom stereocenters. The SMILES string of the molecule is Cn1cc(C=CC(=O)Cl)c([N+](=O)[O-])n1. The quantitative estimate of drug-likeness (QED) is 0.327. The van der Waals surface area contributed by atoms with Gasteiger partial charge in [-0.1, -0.05) is 0 Å². The summed E-state index contributed by atoms with van der Waals surface area (Å²) in [5, 5.41) is 13.4. The number of aryl methyl sites for hydroxylation is 1. The molecule has 0 aliphatic carbocycles. The fourth-order valence-corrected chi connectivity index (χ4v) is 0.973. The lowest BCUT2D eigenvalue weighted by molar-refractivity contribution is -0.390. The van der Waals surface area contributed by atoms with E-state index in [2.05, 4.69) is 5.10 Å². The third-order valence-electron chi connectivity index (χ3n) is 1.40. The van der Waals surface area contributed by atoms with Gasteiger partial charge < -0.3 is 10.1 Å². The van der Waals surface area contributed by atoms with E-state index in [0.717, 1.165) is 6.08 Å². The van der Waals surface area contributed by atoms with Gasteiger partial charge in [0.15, 0.2) is 0 Å². The second kappa shape index (κ2) is 4.01. The van der Waals surface area contributed by atoms with Crippen molar-refractivity contribution in [3.63, 3.8) is 0 Å². The highest BCUT2D eigenvalue weighted by Gasteiger charge is 2.16. The molecule has 0 bridgehead atoms. The summed E-state index contributed by atoms with van der Waals surface area (Å²) in [6.07, 6.45) is 3.71. The second-order valence-corrected chi connectivity index (χ2v) is 2.85. The van der Waals surface area contributed by atoms with Gasteiger partial charge >= 0.3 is 5.82 Å². The van der Waals surface area contributed by atoms with Crippen LogP contribution in [0, 0.1) is 10.1 Å². The first-order valence-electron chi connectivity index (χ1n) is 3.56. The van der Waals surface area contributed by atoms with Gasteiger partial charge in [-0.25, -0.2) is 0 Å². The van der Waals surface area contributed by atoms with Crippen molar-refractivity contribution in [1.29, 1.82) is 0 Å². The van der Waals surface area contributed by atoms with Crippen molar-refractivity contribution in [2.45, 2.75) is 0 Å². The van der Waals surface area contributed by atoms with Crippen molar-refractivity contribution in [3.05, 3.63) is 28.0 Å². The van der Waals surface area contributed by atoms with Crippen LogP contribution in [-0.4, -0.2) is 19.9 Å². The molecule has 14 heavy (non-hydrogen) atoms. The van der Waals surface area contributed by atoms with Crippen LogP contribution >= 0.6 is 11.6 Å². The van der Waals surface area contributed by atoms with Gasteiger partial charge in [-0.3, -0.25) is 4.79 Å². The first kappa shape index (κ1) is 10.4. The fourth-order valence-electron chi connectivity index (χ4n) is 0.910. The smallest absolute Gasteiger partial charge is 0.358 e. The predicted molar refractivity (Wildman–Crippen MR) is 49.8 cm³/mol. The number of nitro groups is 1. The van der Waals surface area contributed by atoms with E-state index in [1.54, 1.807) is 7.05 Å². The number of nitrogens with zero attached hydrogens (tertiary/aromatic N) is 3.